The maximum Gasteiger partial charge on any atom is 0.255 e. The molecule has 0 bridgehead atoms. The average Bonchev–Trinajstić information content (AvgIpc) is 2.39. The third-order valence-electron chi connectivity index (χ3n) is 3.07. The van der Waals surface area contributed by atoms with Gasteiger partial charge in [-0.1, -0.05) is 23.7 Å². The fraction of sp³-hybridized carbons (Fsp3) is 0.231. The standard InChI is InChI=1S/C13H12ClN3O/c14-10-4-2-1-3-8(10)12-16-11-5-6-15-7-9(11)13(18)17-12/h1-4,15H,5-7H2,(H,16,17,18). The molecule has 3 rings (SSSR count). The van der Waals surface area contributed by atoms with Crippen molar-refractivity contribution < 1.29 is 0 Å². The minimum absolute atomic E-state index is 0.0814. The maximum atomic E-state index is 12.0. The van der Waals surface area contributed by atoms with Gasteiger partial charge in [0.05, 0.1) is 16.3 Å². The van der Waals surface area contributed by atoms with Crippen LogP contribution in [0.3, 0.4) is 0 Å². The van der Waals surface area contributed by atoms with Gasteiger partial charge in [0.1, 0.15) is 5.82 Å². The van der Waals surface area contributed by atoms with E-state index in [-0.39, 0.29) is 5.56 Å². The van der Waals surface area contributed by atoms with Crippen molar-refractivity contribution in [2.24, 2.45) is 0 Å². The summed E-state index contributed by atoms with van der Waals surface area (Å²) in [4.78, 5) is 19.3. The number of rotatable bonds is 1. The van der Waals surface area contributed by atoms with Gasteiger partial charge in [-0.2, -0.15) is 0 Å². The van der Waals surface area contributed by atoms with Gasteiger partial charge in [-0.05, 0) is 12.1 Å². The van der Waals surface area contributed by atoms with E-state index in [1.54, 1.807) is 6.07 Å². The monoisotopic (exact) mass is 261 g/mol. The molecule has 1 aromatic carbocycles. The van der Waals surface area contributed by atoms with E-state index in [4.69, 9.17) is 11.6 Å². The lowest BCUT2D eigenvalue weighted by Gasteiger charge is -2.16. The fourth-order valence-corrected chi connectivity index (χ4v) is 2.36. The zero-order valence-corrected chi connectivity index (χ0v) is 10.4. The molecular formula is C13H12ClN3O. The Morgan fingerprint density at radius 2 is 2.11 bits per heavy atom. The van der Waals surface area contributed by atoms with Crippen molar-refractivity contribution in [1.29, 1.82) is 0 Å². The van der Waals surface area contributed by atoms with Crippen molar-refractivity contribution >= 4 is 11.6 Å². The highest BCUT2D eigenvalue weighted by Crippen LogP contribution is 2.24. The summed E-state index contributed by atoms with van der Waals surface area (Å²) in [5.74, 6) is 0.547. The molecule has 2 heterocycles. The Morgan fingerprint density at radius 1 is 1.28 bits per heavy atom. The number of aromatic amines is 1. The first-order chi connectivity index (χ1) is 8.75. The van der Waals surface area contributed by atoms with E-state index in [2.05, 4.69) is 15.3 Å². The van der Waals surface area contributed by atoms with E-state index in [9.17, 15) is 4.79 Å². The van der Waals surface area contributed by atoms with Crippen molar-refractivity contribution in [1.82, 2.24) is 15.3 Å². The zero-order valence-electron chi connectivity index (χ0n) is 9.66. The Kier molecular flexibility index (Phi) is 2.89. The summed E-state index contributed by atoms with van der Waals surface area (Å²) in [5, 5.41) is 3.76. The van der Waals surface area contributed by atoms with E-state index < -0.39 is 0 Å². The minimum Gasteiger partial charge on any atom is -0.312 e. The van der Waals surface area contributed by atoms with Crippen LogP contribution in [0.25, 0.3) is 11.4 Å². The van der Waals surface area contributed by atoms with Crippen LogP contribution >= 0.6 is 11.6 Å². The molecular weight excluding hydrogens is 250 g/mol. The second-order valence-corrected chi connectivity index (χ2v) is 4.65. The average molecular weight is 262 g/mol. The first-order valence-corrected chi connectivity index (χ1v) is 6.21. The van der Waals surface area contributed by atoms with Gasteiger partial charge in [-0.25, -0.2) is 4.98 Å². The lowest BCUT2D eigenvalue weighted by Crippen LogP contribution is -2.31. The van der Waals surface area contributed by atoms with E-state index >= 15 is 0 Å². The molecule has 0 saturated heterocycles. The van der Waals surface area contributed by atoms with E-state index in [1.807, 2.05) is 18.2 Å². The zero-order chi connectivity index (χ0) is 12.5. The molecule has 0 fully saturated rings. The Morgan fingerprint density at radius 3 is 2.94 bits per heavy atom. The largest absolute Gasteiger partial charge is 0.312 e. The van der Waals surface area contributed by atoms with Crippen molar-refractivity contribution in [2.75, 3.05) is 6.54 Å². The normalized spacial score (nSPS) is 14.3. The van der Waals surface area contributed by atoms with Crippen LogP contribution in [0.4, 0.5) is 0 Å². The van der Waals surface area contributed by atoms with Gasteiger partial charge < -0.3 is 10.3 Å². The molecule has 1 aliphatic rings. The molecule has 2 aromatic rings. The molecule has 0 amide bonds. The van der Waals surface area contributed by atoms with Crippen LogP contribution in [0.2, 0.25) is 5.02 Å². The lowest BCUT2D eigenvalue weighted by atomic mass is 10.1. The second kappa shape index (κ2) is 4.55. The fourth-order valence-electron chi connectivity index (χ4n) is 2.13. The number of hydrogen-bond donors (Lipinski definition) is 2. The summed E-state index contributed by atoms with van der Waals surface area (Å²) in [7, 11) is 0. The highest BCUT2D eigenvalue weighted by molar-refractivity contribution is 6.33. The van der Waals surface area contributed by atoms with E-state index in [0.29, 0.717) is 17.4 Å². The molecule has 0 unspecified atom stereocenters. The summed E-state index contributed by atoms with van der Waals surface area (Å²) < 4.78 is 0. The first kappa shape index (κ1) is 11.4. The second-order valence-electron chi connectivity index (χ2n) is 4.25. The smallest absolute Gasteiger partial charge is 0.255 e. The van der Waals surface area contributed by atoms with Crippen LogP contribution in [0.1, 0.15) is 11.3 Å². The predicted molar refractivity (Wildman–Crippen MR) is 70.7 cm³/mol. The third kappa shape index (κ3) is 1.94. The molecule has 0 spiro atoms. The molecule has 0 atom stereocenters. The summed E-state index contributed by atoms with van der Waals surface area (Å²) in [6, 6.07) is 7.38. The molecule has 2 N–H and O–H groups in total. The molecule has 18 heavy (non-hydrogen) atoms. The molecule has 4 nitrogen and oxygen atoms in total. The number of H-pyrrole nitrogens is 1. The number of aromatic nitrogens is 2. The summed E-state index contributed by atoms with van der Waals surface area (Å²) in [5.41, 5.74) is 2.28. The lowest BCUT2D eigenvalue weighted by molar-refractivity contribution is 0.621. The van der Waals surface area contributed by atoms with Crippen LogP contribution < -0.4 is 10.9 Å². The van der Waals surface area contributed by atoms with Crippen molar-refractivity contribution in [3.05, 3.63) is 50.9 Å². The van der Waals surface area contributed by atoms with E-state index in [1.165, 1.54) is 0 Å². The number of fused-ring (bicyclic) bond motifs is 1. The molecule has 0 aliphatic carbocycles. The van der Waals surface area contributed by atoms with E-state index in [0.717, 1.165) is 29.8 Å². The summed E-state index contributed by atoms with van der Waals surface area (Å²) >= 11 is 6.12. The van der Waals surface area contributed by atoms with Crippen LogP contribution in [0, 0.1) is 0 Å². The topological polar surface area (TPSA) is 57.8 Å². The Hall–Kier alpha value is -1.65. The van der Waals surface area contributed by atoms with Crippen molar-refractivity contribution in [2.45, 2.75) is 13.0 Å². The third-order valence-corrected chi connectivity index (χ3v) is 3.40. The van der Waals surface area contributed by atoms with Crippen molar-refractivity contribution in [3.63, 3.8) is 0 Å². The van der Waals surface area contributed by atoms with Crippen molar-refractivity contribution in [3.8, 4) is 11.4 Å². The van der Waals surface area contributed by atoms with Gasteiger partial charge in [0, 0.05) is 25.1 Å². The van der Waals surface area contributed by atoms with Gasteiger partial charge in [-0.3, -0.25) is 4.79 Å². The predicted octanol–water partition coefficient (Wildman–Crippen LogP) is 1.74. The number of nitrogens with zero attached hydrogens (tertiary/aromatic N) is 1. The SMILES string of the molecule is O=c1[nH]c(-c2ccccc2Cl)nc2c1CNCC2. The number of halogens is 1. The summed E-state index contributed by atoms with van der Waals surface area (Å²) in [6.07, 6.45) is 0.775. The maximum absolute atomic E-state index is 12.0. The first-order valence-electron chi connectivity index (χ1n) is 5.83. The summed E-state index contributed by atoms with van der Waals surface area (Å²) in [6.45, 7) is 1.44. The Labute approximate surface area is 109 Å². The molecule has 5 heteroatoms. The molecule has 0 radical (unpaired) electrons. The van der Waals surface area contributed by atoms with Crippen LogP contribution in [0.15, 0.2) is 29.1 Å². The van der Waals surface area contributed by atoms with Gasteiger partial charge in [0.25, 0.3) is 5.56 Å². The number of nitrogens with one attached hydrogen (secondary N) is 2. The van der Waals surface area contributed by atoms with Crippen LogP contribution in [-0.4, -0.2) is 16.5 Å². The quantitative estimate of drug-likeness (QED) is 0.822. The van der Waals surface area contributed by atoms with Gasteiger partial charge in [0.15, 0.2) is 0 Å². The Bertz CT molecular complexity index is 651. The highest BCUT2D eigenvalue weighted by Gasteiger charge is 2.16. The number of benzene rings is 1. The minimum atomic E-state index is -0.0814. The Balaban J connectivity index is 2.17. The van der Waals surface area contributed by atoms with Gasteiger partial charge >= 0.3 is 0 Å². The molecule has 1 aromatic heterocycles. The van der Waals surface area contributed by atoms with Gasteiger partial charge in [-0.15, -0.1) is 0 Å². The van der Waals surface area contributed by atoms with Crippen LogP contribution in [-0.2, 0) is 13.0 Å². The van der Waals surface area contributed by atoms with Gasteiger partial charge in [0.2, 0.25) is 0 Å². The molecule has 0 saturated carbocycles. The van der Waals surface area contributed by atoms with Crippen LogP contribution in [0.5, 0.6) is 0 Å². The highest BCUT2D eigenvalue weighted by atomic mass is 35.5. The molecule has 92 valence electrons. The molecule has 1 aliphatic heterocycles. The number of hydrogen-bond acceptors (Lipinski definition) is 3.